The van der Waals surface area contributed by atoms with Crippen LogP contribution in [0.15, 0.2) is 24.3 Å². The summed E-state index contributed by atoms with van der Waals surface area (Å²) in [6, 6.07) is 10.6. The van der Waals surface area contributed by atoms with E-state index in [1.165, 1.54) is 5.19 Å². The molecule has 0 N–H and O–H groups in total. The van der Waals surface area contributed by atoms with E-state index in [1.807, 2.05) is 6.07 Å². The van der Waals surface area contributed by atoms with Crippen molar-refractivity contribution in [3.63, 3.8) is 0 Å². The zero-order chi connectivity index (χ0) is 9.90. The highest BCUT2D eigenvalue weighted by atomic mass is 28.3. The fraction of sp³-hybridized carbons (Fsp3) is 0.364. The lowest BCUT2D eigenvalue weighted by atomic mass is 10.2. The van der Waals surface area contributed by atoms with Gasteiger partial charge in [-0.05, 0) is 5.56 Å². The van der Waals surface area contributed by atoms with Crippen molar-refractivity contribution < 1.29 is 0 Å². The zero-order valence-corrected chi connectivity index (χ0v) is 9.46. The zero-order valence-electron chi connectivity index (χ0n) is 8.46. The highest BCUT2D eigenvalue weighted by Gasteiger charge is 2.15. The summed E-state index contributed by atoms with van der Waals surface area (Å²) < 4.78 is 0. The Labute approximate surface area is 81.0 Å². The van der Waals surface area contributed by atoms with E-state index in [-0.39, 0.29) is 0 Å². The monoisotopic (exact) mass is 189 g/mol. The molecule has 1 aromatic carbocycles. The molecule has 0 fully saturated rings. The van der Waals surface area contributed by atoms with E-state index < -0.39 is 8.07 Å². The van der Waals surface area contributed by atoms with Crippen LogP contribution in [0.25, 0.3) is 0 Å². The van der Waals surface area contributed by atoms with E-state index in [0.29, 0.717) is 6.42 Å². The summed E-state index contributed by atoms with van der Waals surface area (Å²) in [6.45, 7) is 6.95. The maximum absolute atomic E-state index is 8.57. The molecule has 0 radical (unpaired) electrons. The summed E-state index contributed by atoms with van der Waals surface area (Å²) in [7, 11) is -1.20. The Morgan fingerprint density at radius 1 is 1.31 bits per heavy atom. The minimum Gasteiger partial charge on any atom is -0.198 e. The van der Waals surface area contributed by atoms with Crippen LogP contribution in [0.4, 0.5) is 0 Å². The Hall–Kier alpha value is -1.07. The van der Waals surface area contributed by atoms with Crippen LogP contribution in [0.3, 0.4) is 0 Å². The molecule has 1 aromatic rings. The molecule has 0 atom stereocenters. The molecule has 68 valence electrons. The number of hydrogen-bond acceptors (Lipinski definition) is 1. The van der Waals surface area contributed by atoms with Gasteiger partial charge in [0.15, 0.2) is 0 Å². The minimum absolute atomic E-state index is 0.526. The predicted octanol–water partition coefficient (Wildman–Crippen LogP) is 2.30. The third-order valence-electron chi connectivity index (χ3n) is 2.08. The molecule has 0 saturated carbocycles. The molecule has 0 spiro atoms. The van der Waals surface area contributed by atoms with Gasteiger partial charge in [-0.15, -0.1) is 0 Å². The first kappa shape index (κ1) is 10.0. The van der Waals surface area contributed by atoms with Gasteiger partial charge in [0.2, 0.25) is 0 Å². The van der Waals surface area contributed by atoms with Gasteiger partial charge in [-0.3, -0.25) is 0 Å². The number of benzene rings is 1. The summed E-state index contributed by atoms with van der Waals surface area (Å²) in [5.74, 6) is 0. The summed E-state index contributed by atoms with van der Waals surface area (Å²) in [5, 5.41) is 10.0. The number of rotatable bonds is 2. The number of nitriles is 1. The summed E-state index contributed by atoms with van der Waals surface area (Å²) in [6.07, 6.45) is 0.526. The molecule has 0 heterocycles. The molecular formula is C11H15NSi. The van der Waals surface area contributed by atoms with Crippen LogP contribution in [-0.4, -0.2) is 8.07 Å². The Bertz CT molecular complexity index is 331. The Morgan fingerprint density at radius 3 is 2.54 bits per heavy atom. The highest BCUT2D eigenvalue weighted by molar-refractivity contribution is 6.88. The molecule has 0 amide bonds. The number of hydrogen-bond donors (Lipinski definition) is 0. The van der Waals surface area contributed by atoms with Gasteiger partial charge in [0.1, 0.15) is 0 Å². The molecule has 13 heavy (non-hydrogen) atoms. The highest BCUT2D eigenvalue weighted by Crippen LogP contribution is 2.05. The van der Waals surface area contributed by atoms with Gasteiger partial charge < -0.3 is 0 Å². The van der Waals surface area contributed by atoms with Gasteiger partial charge in [-0.1, -0.05) is 49.1 Å². The fourth-order valence-corrected chi connectivity index (χ4v) is 2.45. The van der Waals surface area contributed by atoms with Crippen molar-refractivity contribution in [1.82, 2.24) is 0 Å². The second kappa shape index (κ2) is 3.76. The Kier molecular flexibility index (Phi) is 2.89. The van der Waals surface area contributed by atoms with E-state index in [1.54, 1.807) is 0 Å². The third kappa shape index (κ3) is 2.71. The molecule has 2 heteroatoms. The standard InChI is InChI=1S/C11H15NSi/c1-13(2,3)11-6-4-5-10(9-11)7-8-12/h4-6,9H,7H2,1-3H3. The van der Waals surface area contributed by atoms with Crippen LogP contribution >= 0.6 is 0 Å². The summed E-state index contributed by atoms with van der Waals surface area (Å²) in [4.78, 5) is 0. The second-order valence-corrected chi connectivity index (χ2v) is 9.36. The summed E-state index contributed by atoms with van der Waals surface area (Å²) >= 11 is 0. The molecule has 0 aliphatic carbocycles. The van der Waals surface area contributed by atoms with Crippen LogP contribution in [0, 0.1) is 11.3 Å². The van der Waals surface area contributed by atoms with Gasteiger partial charge in [0.25, 0.3) is 0 Å². The van der Waals surface area contributed by atoms with Crippen molar-refractivity contribution in [2.75, 3.05) is 0 Å². The maximum atomic E-state index is 8.57. The average Bonchev–Trinajstić information content (AvgIpc) is 2.04. The topological polar surface area (TPSA) is 23.8 Å². The van der Waals surface area contributed by atoms with Crippen molar-refractivity contribution in [3.05, 3.63) is 29.8 Å². The van der Waals surface area contributed by atoms with Crippen LogP contribution < -0.4 is 5.19 Å². The molecule has 0 aliphatic heterocycles. The molecule has 1 nitrogen and oxygen atoms in total. The fourth-order valence-electron chi connectivity index (χ4n) is 1.24. The smallest absolute Gasteiger partial charge is 0.0776 e. The molecule has 0 saturated heterocycles. The van der Waals surface area contributed by atoms with Crippen LogP contribution in [0.2, 0.25) is 19.6 Å². The van der Waals surface area contributed by atoms with Gasteiger partial charge in [-0.2, -0.15) is 5.26 Å². The van der Waals surface area contributed by atoms with E-state index in [9.17, 15) is 0 Å². The average molecular weight is 189 g/mol. The SMILES string of the molecule is C[Si](C)(C)c1cccc(CC#N)c1. The Balaban J connectivity index is 3.00. The van der Waals surface area contributed by atoms with Crippen molar-refractivity contribution in [1.29, 1.82) is 5.26 Å². The first-order valence-corrected chi connectivity index (χ1v) is 8.00. The van der Waals surface area contributed by atoms with Crippen molar-refractivity contribution in [2.45, 2.75) is 26.1 Å². The van der Waals surface area contributed by atoms with E-state index in [2.05, 4.69) is 43.9 Å². The molecule has 0 aliphatic rings. The third-order valence-corrected chi connectivity index (χ3v) is 4.12. The molecule has 0 aromatic heterocycles. The quantitative estimate of drug-likeness (QED) is 0.655. The van der Waals surface area contributed by atoms with E-state index in [4.69, 9.17) is 5.26 Å². The lowest BCUT2D eigenvalue weighted by molar-refractivity contribution is 1.27. The van der Waals surface area contributed by atoms with Crippen molar-refractivity contribution in [3.8, 4) is 6.07 Å². The lowest BCUT2D eigenvalue weighted by Crippen LogP contribution is -2.37. The van der Waals surface area contributed by atoms with Gasteiger partial charge in [0.05, 0.1) is 20.6 Å². The molecular weight excluding hydrogens is 174 g/mol. The van der Waals surface area contributed by atoms with Crippen LogP contribution in [-0.2, 0) is 6.42 Å². The largest absolute Gasteiger partial charge is 0.198 e. The molecule has 0 bridgehead atoms. The van der Waals surface area contributed by atoms with Gasteiger partial charge >= 0.3 is 0 Å². The molecule has 0 unspecified atom stereocenters. The van der Waals surface area contributed by atoms with Crippen LogP contribution in [0.1, 0.15) is 5.56 Å². The van der Waals surface area contributed by atoms with Crippen LogP contribution in [0.5, 0.6) is 0 Å². The van der Waals surface area contributed by atoms with E-state index in [0.717, 1.165) is 5.56 Å². The lowest BCUT2D eigenvalue weighted by Gasteiger charge is -2.16. The van der Waals surface area contributed by atoms with E-state index >= 15 is 0 Å². The first-order valence-electron chi connectivity index (χ1n) is 4.50. The first-order chi connectivity index (χ1) is 6.04. The van der Waals surface area contributed by atoms with Crippen molar-refractivity contribution in [2.24, 2.45) is 0 Å². The molecule has 1 rings (SSSR count). The maximum Gasteiger partial charge on any atom is 0.0776 e. The minimum atomic E-state index is -1.20. The normalized spacial score (nSPS) is 10.9. The second-order valence-electron chi connectivity index (χ2n) is 4.29. The van der Waals surface area contributed by atoms with Gasteiger partial charge in [0, 0.05) is 0 Å². The predicted molar refractivity (Wildman–Crippen MR) is 58.7 cm³/mol. The Morgan fingerprint density at radius 2 is 2.00 bits per heavy atom. The van der Waals surface area contributed by atoms with Gasteiger partial charge in [-0.25, -0.2) is 0 Å². The van der Waals surface area contributed by atoms with Crippen molar-refractivity contribution >= 4 is 13.3 Å². The summed E-state index contributed by atoms with van der Waals surface area (Å²) in [5.41, 5.74) is 1.14. The number of nitrogens with zero attached hydrogens (tertiary/aromatic N) is 1.